The lowest BCUT2D eigenvalue weighted by molar-refractivity contribution is -0.126. The molecule has 0 fully saturated rings. The van der Waals surface area contributed by atoms with E-state index in [2.05, 4.69) is 5.32 Å². The Kier molecular flexibility index (Phi) is 5.33. The lowest BCUT2D eigenvalue weighted by Crippen LogP contribution is -2.43. The van der Waals surface area contributed by atoms with E-state index in [1.165, 1.54) is 12.1 Å². The van der Waals surface area contributed by atoms with Gasteiger partial charge in [-0.25, -0.2) is 4.39 Å². The highest BCUT2D eigenvalue weighted by atomic mass is 19.1. The number of hydrogen-bond donors (Lipinski definition) is 1. The summed E-state index contributed by atoms with van der Waals surface area (Å²) in [5.74, 6) is 0.452. The van der Waals surface area contributed by atoms with Crippen LogP contribution in [0.2, 0.25) is 0 Å². The summed E-state index contributed by atoms with van der Waals surface area (Å²) < 4.78 is 18.2. The molecule has 1 heterocycles. The first-order valence-electron chi connectivity index (χ1n) is 7.26. The molecule has 0 radical (unpaired) electrons. The molecule has 118 valence electrons. The number of rotatable bonds is 6. The third-order valence-electron chi connectivity index (χ3n) is 3.75. The van der Waals surface area contributed by atoms with Crippen LogP contribution in [0, 0.1) is 5.82 Å². The van der Waals surface area contributed by atoms with Crippen LogP contribution in [0.3, 0.4) is 0 Å². The molecule has 0 spiro atoms. The van der Waals surface area contributed by atoms with Crippen molar-refractivity contribution < 1.29 is 13.6 Å². The third-order valence-corrected chi connectivity index (χ3v) is 3.75. The van der Waals surface area contributed by atoms with Gasteiger partial charge < -0.3 is 9.73 Å². The summed E-state index contributed by atoms with van der Waals surface area (Å²) in [6.07, 6.45) is 1.62. The minimum atomic E-state index is -0.298. The van der Waals surface area contributed by atoms with Gasteiger partial charge in [0, 0.05) is 0 Å². The van der Waals surface area contributed by atoms with Crippen molar-refractivity contribution in [1.29, 1.82) is 0 Å². The van der Waals surface area contributed by atoms with Crippen molar-refractivity contribution >= 4 is 5.91 Å². The summed E-state index contributed by atoms with van der Waals surface area (Å²) in [6.45, 7) is 4.28. The van der Waals surface area contributed by atoms with Gasteiger partial charge in [0.05, 0.1) is 24.9 Å². The summed E-state index contributed by atoms with van der Waals surface area (Å²) in [5, 5.41) is 2.94. The zero-order chi connectivity index (χ0) is 16.1. The molecular weight excluding hydrogens is 283 g/mol. The lowest BCUT2D eigenvalue weighted by atomic mass is 10.1. The highest BCUT2D eigenvalue weighted by Gasteiger charge is 2.20. The molecule has 0 aliphatic carbocycles. The Labute approximate surface area is 129 Å². The summed E-state index contributed by atoms with van der Waals surface area (Å²) in [6, 6.07) is 9.37. The second kappa shape index (κ2) is 7.22. The molecule has 1 aromatic heterocycles. The van der Waals surface area contributed by atoms with E-state index in [4.69, 9.17) is 4.42 Å². The maximum absolute atomic E-state index is 12.9. The topological polar surface area (TPSA) is 45.5 Å². The molecule has 2 atom stereocenters. The van der Waals surface area contributed by atoms with Crippen LogP contribution in [0.5, 0.6) is 0 Å². The van der Waals surface area contributed by atoms with Crippen LogP contribution in [-0.4, -0.2) is 23.9 Å². The molecule has 2 rings (SSSR count). The van der Waals surface area contributed by atoms with Gasteiger partial charge in [-0.1, -0.05) is 12.1 Å². The van der Waals surface area contributed by atoms with Gasteiger partial charge in [0.15, 0.2) is 0 Å². The van der Waals surface area contributed by atoms with Crippen molar-refractivity contribution in [2.75, 3.05) is 7.05 Å². The molecular formula is C17H21FN2O2. The average Bonchev–Trinajstić information content (AvgIpc) is 2.99. The molecule has 4 nitrogen and oxygen atoms in total. The van der Waals surface area contributed by atoms with Gasteiger partial charge in [-0.05, 0) is 50.7 Å². The lowest BCUT2D eigenvalue weighted by Gasteiger charge is -2.25. The predicted molar refractivity (Wildman–Crippen MR) is 82.6 cm³/mol. The zero-order valence-electron chi connectivity index (χ0n) is 13.0. The fourth-order valence-corrected chi connectivity index (χ4v) is 2.15. The van der Waals surface area contributed by atoms with Gasteiger partial charge in [-0.15, -0.1) is 0 Å². The van der Waals surface area contributed by atoms with Gasteiger partial charge >= 0.3 is 0 Å². The molecule has 5 heteroatoms. The molecule has 2 aromatic rings. The van der Waals surface area contributed by atoms with Crippen LogP contribution in [0.25, 0.3) is 0 Å². The first-order valence-corrected chi connectivity index (χ1v) is 7.26. The van der Waals surface area contributed by atoms with Gasteiger partial charge in [-0.2, -0.15) is 0 Å². The Balaban J connectivity index is 1.91. The minimum absolute atomic E-state index is 0.0779. The quantitative estimate of drug-likeness (QED) is 0.892. The number of nitrogens with one attached hydrogen (secondary N) is 1. The van der Waals surface area contributed by atoms with Crippen molar-refractivity contribution in [2.45, 2.75) is 32.5 Å². The molecule has 1 aromatic carbocycles. The summed E-state index contributed by atoms with van der Waals surface area (Å²) in [7, 11) is 1.87. The Bertz CT molecular complexity index is 596. The number of carbonyl (C=O) groups excluding carboxylic acids is 1. The number of amides is 1. The fraction of sp³-hybridized carbons (Fsp3) is 0.353. The molecule has 0 saturated carbocycles. The number of halogens is 1. The van der Waals surface area contributed by atoms with E-state index in [-0.39, 0.29) is 23.8 Å². The van der Waals surface area contributed by atoms with Crippen LogP contribution in [0.1, 0.15) is 31.2 Å². The van der Waals surface area contributed by atoms with Crippen LogP contribution < -0.4 is 5.32 Å². The molecule has 0 aliphatic heterocycles. The van der Waals surface area contributed by atoms with E-state index in [9.17, 15) is 9.18 Å². The van der Waals surface area contributed by atoms with Crippen molar-refractivity contribution in [3.63, 3.8) is 0 Å². The first-order chi connectivity index (χ1) is 10.5. The fourth-order valence-electron chi connectivity index (χ4n) is 2.15. The van der Waals surface area contributed by atoms with Gasteiger partial charge in [-0.3, -0.25) is 9.69 Å². The molecule has 0 bridgehead atoms. The Morgan fingerprint density at radius 3 is 2.55 bits per heavy atom. The minimum Gasteiger partial charge on any atom is -0.468 e. The molecule has 0 saturated heterocycles. The standard InChI is InChI=1S/C17H21FN2O2/c1-12(14-6-8-15(18)9-7-14)19-17(21)13(2)20(3)11-16-5-4-10-22-16/h4-10,12-13H,11H2,1-3H3,(H,19,21)/t12-,13+/m1/s1. The maximum Gasteiger partial charge on any atom is 0.237 e. The first kappa shape index (κ1) is 16.2. The van der Waals surface area contributed by atoms with Crippen molar-refractivity contribution in [3.05, 3.63) is 59.8 Å². The molecule has 0 aliphatic rings. The molecule has 1 N–H and O–H groups in total. The number of nitrogens with zero attached hydrogens (tertiary/aromatic N) is 1. The van der Waals surface area contributed by atoms with Gasteiger partial charge in [0.1, 0.15) is 11.6 Å². The smallest absolute Gasteiger partial charge is 0.237 e. The monoisotopic (exact) mass is 304 g/mol. The van der Waals surface area contributed by atoms with E-state index in [0.717, 1.165) is 11.3 Å². The maximum atomic E-state index is 12.9. The normalized spacial score (nSPS) is 13.9. The molecule has 22 heavy (non-hydrogen) atoms. The van der Waals surface area contributed by atoms with Gasteiger partial charge in [0.2, 0.25) is 5.91 Å². The largest absolute Gasteiger partial charge is 0.468 e. The van der Waals surface area contributed by atoms with Gasteiger partial charge in [0.25, 0.3) is 0 Å². The second-order valence-electron chi connectivity index (χ2n) is 5.45. The van der Waals surface area contributed by atoms with Crippen LogP contribution in [-0.2, 0) is 11.3 Å². The van der Waals surface area contributed by atoms with Crippen molar-refractivity contribution in [2.24, 2.45) is 0 Å². The Hall–Kier alpha value is -2.14. The summed E-state index contributed by atoms with van der Waals surface area (Å²) >= 11 is 0. The highest BCUT2D eigenvalue weighted by Crippen LogP contribution is 2.14. The number of benzene rings is 1. The highest BCUT2D eigenvalue weighted by molar-refractivity contribution is 5.81. The van der Waals surface area contributed by atoms with Crippen molar-refractivity contribution in [1.82, 2.24) is 10.2 Å². The number of hydrogen-bond acceptors (Lipinski definition) is 3. The van der Waals surface area contributed by atoms with Crippen molar-refractivity contribution in [3.8, 4) is 0 Å². The molecule has 0 unspecified atom stereocenters. The zero-order valence-corrected chi connectivity index (χ0v) is 13.0. The SMILES string of the molecule is C[C@@H](NC(=O)[C@H](C)N(C)Cc1ccco1)c1ccc(F)cc1. The van der Waals surface area contributed by atoms with E-state index in [1.807, 2.05) is 37.9 Å². The Morgan fingerprint density at radius 1 is 1.27 bits per heavy atom. The third kappa shape index (κ3) is 4.18. The number of furan rings is 1. The predicted octanol–water partition coefficient (Wildman–Crippen LogP) is 3.12. The summed E-state index contributed by atoms with van der Waals surface area (Å²) in [4.78, 5) is 14.2. The van der Waals surface area contributed by atoms with Crippen LogP contribution in [0.4, 0.5) is 4.39 Å². The number of likely N-dealkylation sites (N-methyl/N-ethyl adjacent to an activating group) is 1. The van der Waals surface area contributed by atoms with Crippen LogP contribution in [0.15, 0.2) is 47.1 Å². The van der Waals surface area contributed by atoms with E-state index < -0.39 is 0 Å². The molecule has 1 amide bonds. The Morgan fingerprint density at radius 2 is 1.95 bits per heavy atom. The average molecular weight is 304 g/mol. The van der Waals surface area contributed by atoms with E-state index >= 15 is 0 Å². The van der Waals surface area contributed by atoms with E-state index in [1.54, 1.807) is 18.4 Å². The number of carbonyl (C=O) groups is 1. The van der Waals surface area contributed by atoms with Crippen LogP contribution >= 0.6 is 0 Å². The summed E-state index contributed by atoms with van der Waals surface area (Å²) in [5.41, 5.74) is 0.871. The van der Waals surface area contributed by atoms with E-state index in [0.29, 0.717) is 6.54 Å². The second-order valence-corrected chi connectivity index (χ2v) is 5.45.